The van der Waals surface area contributed by atoms with Crippen LogP contribution in [0.4, 0.5) is 5.69 Å². The molecule has 19 heavy (non-hydrogen) atoms. The summed E-state index contributed by atoms with van der Waals surface area (Å²) in [6.45, 7) is 4.61. The van der Waals surface area contributed by atoms with Crippen LogP contribution in [0.5, 0.6) is 0 Å². The van der Waals surface area contributed by atoms with Crippen molar-refractivity contribution in [3.05, 3.63) is 24.3 Å². The van der Waals surface area contributed by atoms with E-state index in [1.807, 2.05) is 26.0 Å². The van der Waals surface area contributed by atoms with E-state index in [0.717, 1.165) is 18.2 Å². The molecule has 2 N–H and O–H groups in total. The molecule has 1 saturated carbocycles. The van der Waals surface area contributed by atoms with Crippen molar-refractivity contribution in [1.82, 2.24) is 4.72 Å². The Hall–Kier alpha value is -1.07. The topological polar surface area (TPSA) is 58.2 Å². The lowest BCUT2D eigenvalue weighted by Gasteiger charge is -2.25. The van der Waals surface area contributed by atoms with E-state index in [1.165, 1.54) is 19.3 Å². The Morgan fingerprint density at radius 2 is 1.84 bits per heavy atom. The molecular weight excluding hydrogens is 260 g/mol. The Balaban J connectivity index is 1.97. The van der Waals surface area contributed by atoms with Crippen molar-refractivity contribution in [3.8, 4) is 0 Å². The largest absolute Gasteiger partial charge is 0.385 e. The van der Waals surface area contributed by atoms with Crippen LogP contribution in [0.25, 0.3) is 0 Å². The maximum Gasteiger partial charge on any atom is 0.240 e. The van der Waals surface area contributed by atoms with E-state index in [0.29, 0.717) is 4.90 Å². The first-order valence-corrected chi connectivity index (χ1v) is 8.32. The van der Waals surface area contributed by atoms with E-state index in [1.54, 1.807) is 12.1 Å². The molecule has 0 spiro atoms. The van der Waals surface area contributed by atoms with Gasteiger partial charge in [-0.25, -0.2) is 13.1 Å². The summed E-state index contributed by atoms with van der Waals surface area (Å²) in [4.78, 5) is 0.315. The van der Waals surface area contributed by atoms with Crippen LogP contribution in [-0.4, -0.2) is 21.0 Å². The fraction of sp³-hybridized carbons (Fsp3) is 0.571. The van der Waals surface area contributed by atoms with Crippen LogP contribution in [0.3, 0.4) is 0 Å². The Bertz CT molecular complexity index is 505. The van der Waals surface area contributed by atoms with Gasteiger partial charge in [-0.05, 0) is 56.9 Å². The smallest absolute Gasteiger partial charge is 0.240 e. The summed E-state index contributed by atoms with van der Waals surface area (Å²) >= 11 is 0. The highest BCUT2D eigenvalue weighted by Crippen LogP contribution is 2.26. The molecule has 0 unspecified atom stereocenters. The highest BCUT2D eigenvalue weighted by atomic mass is 32.2. The van der Waals surface area contributed by atoms with Gasteiger partial charge in [-0.1, -0.05) is 6.42 Å². The summed E-state index contributed by atoms with van der Waals surface area (Å²) in [5, 5.41) is 3.35. The Morgan fingerprint density at radius 1 is 1.21 bits per heavy atom. The molecule has 0 amide bonds. The normalized spacial score (nSPS) is 16.4. The molecule has 1 aromatic carbocycles. The molecule has 4 nitrogen and oxygen atoms in total. The summed E-state index contributed by atoms with van der Waals surface area (Å²) in [5.74, 6) is 0.783. The lowest BCUT2D eigenvalue weighted by Crippen LogP contribution is -2.30. The van der Waals surface area contributed by atoms with E-state index in [-0.39, 0.29) is 6.04 Å². The third-order valence-corrected chi connectivity index (χ3v) is 5.05. The quantitative estimate of drug-likeness (QED) is 0.843. The lowest BCUT2D eigenvalue weighted by atomic mass is 9.85. The van der Waals surface area contributed by atoms with Gasteiger partial charge >= 0.3 is 0 Å². The van der Waals surface area contributed by atoms with Crippen LogP contribution in [-0.2, 0) is 10.0 Å². The zero-order chi connectivity index (χ0) is 13.9. The van der Waals surface area contributed by atoms with Crippen LogP contribution in [0.1, 0.15) is 33.1 Å². The summed E-state index contributed by atoms with van der Waals surface area (Å²) in [7, 11) is -3.38. The zero-order valence-corrected chi connectivity index (χ0v) is 12.3. The van der Waals surface area contributed by atoms with Gasteiger partial charge in [0, 0.05) is 18.3 Å². The van der Waals surface area contributed by atoms with Gasteiger partial charge in [-0.3, -0.25) is 0 Å². The van der Waals surface area contributed by atoms with Crippen molar-refractivity contribution in [2.45, 2.75) is 44.0 Å². The first kappa shape index (κ1) is 14.3. The number of sulfonamides is 1. The monoisotopic (exact) mass is 282 g/mol. The predicted molar refractivity (Wildman–Crippen MR) is 77.7 cm³/mol. The molecule has 1 aliphatic rings. The number of hydrogen-bond donors (Lipinski definition) is 2. The second kappa shape index (κ2) is 5.92. The SMILES string of the molecule is CC(C)NS(=O)(=O)c1ccc(NCC2CCC2)cc1. The van der Waals surface area contributed by atoms with Gasteiger partial charge in [-0.15, -0.1) is 0 Å². The second-order valence-corrected chi connectivity index (χ2v) is 7.19. The molecule has 5 heteroatoms. The Labute approximate surface area is 115 Å². The van der Waals surface area contributed by atoms with Crippen LogP contribution in [0, 0.1) is 5.92 Å². The van der Waals surface area contributed by atoms with Crippen molar-refractivity contribution in [1.29, 1.82) is 0 Å². The van der Waals surface area contributed by atoms with Crippen molar-refractivity contribution in [2.75, 3.05) is 11.9 Å². The average Bonchev–Trinajstić information content (AvgIpc) is 2.26. The predicted octanol–water partition coefficient (Wildman–Crippen LogP) is 2.59. The average molecular weight is 282 g/mol. The minimum absolute atomic E-state index is 0.0959. The van der Waals surface area contributed by atoms with Crippen LogP contribution in [0.2, 0.25) is 0 Å². The molecule has 0 aliphatic heterocycles. The minimum Gasteiger partial charge on any atom is -0.385 e. The molecule has 0 saturated heterocycles. The Kier molecular flexibility index (Phi) is 4.47. The standard InChI is InChI=1S/C14H22N2O2S/c1-11(2)16-19(17,18)14-8-6-13(7-9-14)15-10-12-4-3-5-12/h6-9,11-12,15-16H,3-5,10H2,1-2H3. The van der Waals surface area contributed by atoms with E-state index in [2.05, 4.69) is 10.0 Å². The van der Waals surface area contributed by atoms with E-state index in [4.69, 9.17) is 0 Å². The van der Waals surface area contributed by atoms with Gasteiger partial charge in [0.15, 0.2) is 0 Å². The van der Waals surface area contributed by atoms with Gasteiger partial charge < -0.3 is 5.32 Å². The fourth-order valence-corrected chi connectivity index (χ4v) is 3.34. The molecule has 0 radical (unpaired) electrons. The Morgan fingerprint density at radius 3 is 2.32 bits per heavy atom. The molecule has 106 valence electrons. The number of nitrogens with one attached hydrogen (secondary N) is 2. The van der Waals surface area contributed by atoms with Gasteiger partial charge in [-0.2, -0.15) is 0 Å². The van der Waals surface area contributed by atoms with Gasteiger partial charge in [0.05, 0.1) is 4.90 Å². The lowest BCUT2D eigenvalue weighted by molar-refractivity contribution is 0.333. The van der Waals surface area contributed by atoms with E-state index < -0.39 is 10.0 Å². The van der Waals surface area contributed by atoms with Crippen molar-refractivity contribution < 1.29 is 8.42 Å². The maximum atomic E-state index is 11.9. The van der Waals surface area contributed by atoms with E-state index >= 15 is 0 Å². The maximum absolute atomic E-state index is 11.9. The van der Waals surface area contributed by atoms with E-state index in [9.17, 15) is 8.42 Å². The minimum atomic E-state index is -3.38. The molecule has 0 aromatic heterocycles. The van der Waals surface area contributed by atoms with Crippen molar-refractivity contribution in [2.24, 2.45) is 5.92 Å². The number of benzene rings is 1. The molecule has 1 aromatic rings. The second-order valence-electron chi connectivity index (χ2n) is 5.48. The zero-order valence-electron chi connectivity index (χ0n) is 11.5. The summed E-state index contributed by atoms with van der Waals surface area (Å²) in [5.41, 5.74) is 0.982. The highest BCUT2D eigenvalue weighted by Gasteiger charge is 2.17. The number of rotatable bonds is 6. The number of anilines is 1. The first-order chi connectivity index (χ1) is 8.97. The summed E-state index contributed by atoms with van der Waals surface area (Å²) < 4.78 is 26.5. The third kappa shape index (κ3) is 3.94. The van der Waals surface area contributed by atoms with Crippen LogP contribution >= 0.6 is 0 Å². The van der Waals surface area contributed by atoms with Crippen LogP contribution < -0.4 is 10.0 Å². The fourth-order valence-electron chi connectivity index (χ4n) is 2.09. The highest BCUT2D eigenvalue weighted by molar-refractivity contribution is 7.89. The molecule has 1 aliphatic carbocycles. The summed E-state index contributed by atoms with van der Waals surface area (Å²) in [6, 6.07) is 6.85. The van der Waals surface area contributed by atoms with Crippen LogP contribution in [0.15, 0.2) is 29.2 Å². The molecule has 0 atom stereocenters. The van der Waals surface area contributed by atoms with Gasteiger partial charge in [0.25, 0.3) is 0 Å². The molecular formula is C14H22N2O2S. The third-order valence-electron chi connectivity index (χ3n) is 3.38. The molecule has 2 rings (SSSR count). The van der Waals surface area contributed by atoms with Gasteiger partial charge in [0.1, 0.15) is 0 Å². The molecule has 1 fully saturated rings. The van der Waals surface area contributed by atoms with Crippen molar-refractivity contribution in [3.63, 3.8) is 0 Å². The number of hydrogen-bond acceptors (Lipinski definition) is 3. The first-order valence-electron chi connectivity index (χ1n) is 6.83. The summed E-state index contributed by atoms with van der Waals surface area (Å²) in [6.07, 6.45) is 3.94. The van der Waals surface area contributed by atoms with Crippen molar-refractivity contribution >= 4 is 15.7 Å². The molecule has 0 heterocycles. The molecule has 0 bridgehead atoms. The van der Waals surface area contributed by atoms with Gasteiger partial charge in [0.2, 0.25) is 10.0 Å².